The molecule has 2 fully saturated rings. The molecule has 3 rings (SSSR count). The molecule has 0 aromatic carbocycles. The molecule has 2 aliphatic rings. The maximum Gasteiger partial charge on any atom is 0.248 e. The second-order valence-corrected chi connectivity index (χ2v) is 7.12. The maximum absolute atomic E-state index is 13.3. The summed E-state index contributed by atoms with van der Waals surface area (Å²) in [7, 11) is 1.89. The number of nitrogens with zero attached hydrogens (tertiary/aromatic N) is 3. The van der Waals surface area contributed by atoms with Gasteiger partial charge in [0, 0.05) is 37.9 Å². The van der Waals surface area contributed by atoms with E-state index < -0.39 is 12.0 Å². The summed E-state index contributed by atoms with van der Waals surface area (Å²) in [6, 6.07) is 0.0248. The van der Waals surface area contributed by atoms with E-state index in [0.29, 0.717) is 19.3 Å². The molecule has 3 atom stereocenters. The van der Waals surface area contributed by atoms with E-state index in [2.05, 4.69) is 15.4 Å². The number of aliphatic hydroxyl groups excluding tert-OH is 1. The standard InChI is InChI=1S/C16H26F2N4O/c1-10-19-15(22(2)21-10)11-3-4-14(23)13(9-11)20-12-5-7-16(17,18)8-6-12/h11-14,20,23H,3-9H2,1-2H3/t11-,13+,14+/m0/s1. The van der Waals surface area contributed by atoms with Crippen LogP contribution in [0.15, 0.2) is 0 Å². The third-order valence-electron chi connectivity index (χ3n) is 5.25. The molecule has 23 heavy (non-hydrogen) atoms. The molecular formula is C16H26F2N4O. The van der Waals surface area contributed by atoms with Gasteiger partial charge in [0.2, 0.25) is 5.92 Å². The Kier molecular flexibility index (Phi) is 4.69. The first-order valence-electron chi connectivity index (χ1n) is 8.53. The van der Waals surface area contributed by atoms with E-state index >= 15 is 0 Å². The molecule has 1 aromatic rings. The van der Waals surface area contributed by atoms with Crippen LogP contribution < -0.4 is 5.32 Å². The molecule has 2 N–H and O–H groups in total. The van der Waals surface area contributed by atoms with E-state index in [1.54, 1.807) is 0 Å². The highest BCUT2D eigenvalue weighted by atomic mass is 19.3. The van der Waals surface area contributed by atoms with E-state index in [4.69, 9.17) is 0 Å². The fourth-order valence-corrected chi connectivity index (χ4v) is 3.96. The average molecular weight is 328 g/mol. The molecule has 0 unspecified atom stereocenters. The van der Waals surface area contributed by atoms with E-state index in [1.165, 1.54) is 0 Å². The molecule has 0 amide bonds. The Bertz CT molecular complexity index is 538. The fraction of sp³-hybridized carbons (Fsp3) is 0.875. The summed E-state index contributed by atoms with van der Waals surface area (Å²) in [6.45, 7) is 1.87. The van der Waals surface area contributed by atoms with Gasteiger partial charge in [0.1, 0.15) is 11.6 Å². The number of alkyl halides is 2. The minimum Gasteiger partial charge on any atom is -0.392 e. The first-order chi connectivity index (χ1) is 10.8. The highest BCUT2D eigenvalue weighted by Gasteiger charge is 2.38. The highest BCUT2D eigenvalue weighted by molar-refractivity contribution is 5.04. The van der Waals surface area contributed by atoms with E-state index in [-0.39, 0.29) is 30.8 Å². The lowest BCUT2D eigenvalue weighted by atomic mass is 9.82. The number of halogens is 2. The lowest BCUT2D eigenvalue weighted by Crippen LogP contribution is -2.50. The van der Waals surface area contributed by atoms with Crippen molar-refractivity contribution in [2.75, 3.05) is 0 Å². The van der Waals surface area contributed by atoms with Crippen molar-refractivity contribution >= 4 is 0 Å². The van der Waals surface area contributed by atoms with Crippen molar-refractivity contribution < 1.29 is 13.9 Å². The quantitative estimate of drug-likeness (QED) is 0.894. The second-order valence-electron chi connectivity index (χ2n) is 7.12. The number of nitrogens with one attached hydrogen (secondary N) is 1. The minimum atomic E-state index is -2.51. The van der Waals surface area contributed by atoms with E-state index in [0.717, 1.165) is 24.5 Å². The monoisotopic (exact) mass is 328 g/mol. The normalized spacial score (nSPS) is 32.1. The largest absolute Gasteiger partial charge is 0.392 e. The number of aryl methyl sites for hydroxylation is 2. The van der Waals surface area contributed by atoms with Gasteiger partial charge in [-0.1, -0.05) is 0 Å². The van der Waals surface area contributed by atoms with Crippen molar-refractivity contribution in [1.29, 1.82) is 0 Å². The average Bonchev–Trinajstić information content (AvgIpc) is 2.82. The summed E-state index contributed by atoms with van der Waals surface area (Å²) in [5.74, 6) is -0.543. The number of rotatable bonds is 3. The summed E-state index contributed by atoms with van der Waals surface area (Å²) >= 11 is 0. The van der Waals surface area contributed by atoms with Crippen LogP contribution >= 0.6 is 0 Å². The number of aromatic nitrogens is 3. The third kappa shape index (κ3) is 3.88. The number of aliphatic hydroxyl groups is 1. The van der Waals surface area contributed by atoms with Gasteiger partial charge in [-0.25, -0.2) is 13.8 Å². The molecule has 1 aromatic heterocycles. The van der Waals surface area contributed by atoms with Crippen LogP contribution in [0, 0.1) is 6.92 Å². The van der Waals surface area contributed by atoms with Crippen LogP contribution in [0.3, 0.4) is 0 Å². The van der Waals surface area contributed by atoms with Gasteiger partial charge in [-0.2, -0.15) is 5.10 Å². The first kappa shape index (κ1) is 16.8. The fourth-order valence-electron chi connectivity index (χ4n) is 3.96. The van der Waals surface area contributed by atoms with Crippen LogP contribution in [0.25, 0.3) is 0 Å². The van der Waals surface area contributed by atoms with Crippen LogP contribution in [0.2, 0.25) is 0 Å². The van der Waals surface area contributed by atoms with Crippen molar-refractivity contribution in [3.8, 4) is 0 Å². The van der Waals surface area contributed by atoms with Crippen LogP contribution in [0.4, 0.5) is 8.78 Å². The lowest BCUT2D eigenvalue weighted by Gasteiger charge is -2.38. The van der Waals surface area contributed by atoms with Crippen LogP contribution in [-0.4, -0.2) is 44.0 Å². The molecule has 0 bridgehead atoms. The predicted octanol–water partition coefficient (Wildman–Crippen LogP) is 2.29. The predicted molar refractivity (Wildman–Crippen MR) is 82.5 cm³/mol. The maximum atomic E-state index is 13.3. The van der Waals surface area contributed by atoms with E-state index in [9.17, 15) is 13.9 Å². The molecule has 0 spiro atoms. The Labute approximate surface area is 135 Å². The Hall–Kier alpha value is -1.08. The second kappa shape index (κ2) is 6.43. The summed E-state index contributed by atoms with van der Waals surface area (Å²) < 4.78 is 28.4. The Morgan fingerprint density at radius 1 is 1.22 bits per heavy atom. The number of hydrogen-bond acceptors (Lipinski definition) is 4. The minimum absolute atomic E-state index is 0.0533. The van der Waals surface area contributed by atoms with Crippen molar-refractivity contribution in [3.63, 3.8) is 0 Å². The molecule has 2 aliphatic carbocycles. The topological polar surface area (TPSA) is 63.0 Å². The molecule has 1 heterocycles. The number of hydrogen-bond donors (Lipinski definition) is 2. The van der Waals surface area contributed by atoms with Gasteiger partial charge in [0.15, 0.2) is 0 Å². The van der Waals surface area contributed by atoms with Crippen molar-refractivity contribution in [3.05, 3.63) is 11.6 Å². The summed E-state index contributed by atoms with van der Waals surface area (Å²) in [4.78, 5) is 4.50. The summed E-state index contributed by atoms with van der Waals surface area (Å²) in [6.07, 6.45) is 2.79. The van der Waals surface area contributed by atoms with Gasteiger partial charge in [0.25, 0.3) is 0 Å². The molecule has 7 heteroatoms. The Balaban J connectivity index is 1.61. The van der Waals surface area contributed by atoms with Crippen molar-refractivity contribution in [2.45, 2.75) is 81.9 Å². The zero-order valence-electron chi connectivity index (χ0n) is 13.8. The first-order valence-corrected chi connectivity index (χ1v) is 8.53. The van der Waals surface area contributed by atoms with Crippen molar-refractivity contribution in [2.24, 2.45) is 7.05 Å². The van der Waals surface area contributed by atoms with Gasteiger partial charge >= 0.3 is 0 Å². The molecule has 0 saturated heterocycles. The van der Waals surface area contributed by atoms with Crippen LogP contribution in [0.5, 0.6) is 0 Å². The van der Waals surface area contributed by atoms with Gasteiger partial charge < -0.3 is 10.4 Å². The van der Waals surface area contributed by atoms with E-state index in [1.807, 2.05) is 18.7 Å². The van der Waals surface area contributed by atoms with Crippen LogP contribution in [-0.2, 0) is 7.05 Å². The zero-order valence-corrected chi connectivity index (χ0v) is 13.8. The van der Waals surface area contributed by atoms with Gasteiger partial charge in [0.05, 0.1) is 6.10 Å². The lowest BCUT2D eigenvalue weighted by molar-refractivity contribution is -0.0437. The zero-order chi connectivity index (χ0) is 16.6. The summed E-state index contributed by atoms with van der Waals surface area (Å²) in [5, 5.41) is 18.0. The Morgan fingerprint density at radius 2 is 1.91 bits per heavy atom. The molecule has 0 aliphatic heterocycles. The van der Waals surface area contributed by atoms with Gasteiger partial charge in [-0.05, 0) is 39.0 Å². The smallest absolute Gasteiger partial charge is 0.248 e. The molecular weight excluding hydrogens is 302 g/mol. The Morgan fingerprint density at radius 3 is 2.52 bits per heavy atom. The summed E-state index contributed by atoms with van der Waals surface area (Å²) in [5.41, 5.74) is 0. The third-order valence-corrected chi connectivity index (χ3v) is 5.25. The highest BCUT2D eigenvalue weighted by Crippen LogP contribution is 2.36. The SMILES string of the molecule is Cc1nc([C@H]2CC[C@@H](O)[C@H](NC3CCC(F)(F)CC3)C2)n(C)n1. The van der Waals surface area contributed by atoms with Crippen molar-refractivity contribution in [1.82, 2.24) is 20.1 Å². The molecule has 5 nitrogen and oxygen atoms in total. The van der Waals surface area contributed by atoms with Crippen LogP contribution in [0.1, 0.15) is 62.5 Å². The molecule has 2 saturated carbocycles. The van der Waals surface area contributed by atoms with Gasteiger partial charge in [-0.15, -0.1) is 0 Å². The van der Waals surface area contributed by atoms with Gasteiger partial charge in [-0.3, -0.25) is 4.68 Å². The molecule has 130 valence electrons. The molecule has 0 radical (unpaired) electrons.